The second-order valence-electron chi connectivity index (χ2n) is 6.76. The minimum absolute atomic E-state index is 0. The molecule has 3 rings (SSSR count). The highest BCUT2D eigenvalue weighted by atomic mass is 35.5. The Kier molecular flexibility index (Phi) is 8.15. The van der Waals surface area contributed by atoms with Gasteiger partial charge in [0, 0.05) is 45.5 Å². The third kappa shape index (κ3) is 5.67. The zero-order valence-electron chi connectivity index (χ0n) is 14.9. The summed E-state index contributed by atoms with van der Waals surface area (Å²) < 4.78 is 7.06. The van der Waals surface area contributed by atoms with E-state index in [-0.39, 0.29) is 24.4 Å². The van der Waals surface area contributed by atoms with Crippen LogP contribution in [0.4, 0.5) is 0 Å². The first-order valence-corrected chi connectivity index (χ1v) is 9.04. The van der Waals surface area contributed by atoms with Crippen molar-refractivity contribution in [2.45, 2.75) is 37.8 Å². The minimum atomic E-state index is -0.0483. The molecule has 1 atom stereocenters. The van der Waals surface area contributed by atoms with E-state index in [0.717, 1.165) is 65.0 Å². The number of nitrogens with one attached hydrogen (secondary N) is 2. The number of carbonyl (C=O) groups excluding carboxylic acids is 1. The van der Waals surface area contributed by atoms with Crippen molar-refractivity contribution < 1.29 is 9.53 Å². The second-order valence-corrected chi connectivity index (χ2v) is 6.76. The van der Waals surface area contributed by atoms with Crippen molar-refractivity contribution in [1.82, 2.24) is 25.3 Å². The number of methoxy groups -OCH3 is 1. The SMILES string of the molecule is COCCN1CCC(NC(=O)c2ccn(C3CCCNC3)n2)CC1.Cl. The van der Waals surface area contributed by atoms with Gasteiger partial charge in [-0.05, 0) is 38.3 Å². The Morgan fingerprint density at radius 1 is 1.40 bits per heavy atom. The Labute approximate surface area is 155 Å². The van der Waals surface area contributed by atoms with Crippen molar-refractivity contribution in [2.24, 2.45) is 0 Å². The number of nitrogens with zero attached hydrogens (tertiary/aromatic N) is 3. The van der Waals surface area contributed by atoms with Crippen molar-refractivity contribution >= 4 is 18.3 Å². The molecule has 0 saturated carbocycles. The molecule has 0 aromatic carbocycles. The third-order valence-corrected chi connectivity index (χ3v) is 5.02. The number of rotatable bonds is 6. The van der Waals surface area contributed by atoms with E-state index >= 15 is 0 Å². The number of hydrogen-bond donors (Lipinski definition) is 2. The first kappa shape index (κ1) is 20.2. The van der Waals surface area contributed by atoms with Crippen LogP contribution in [0.15, 0.2) is 12.3 Å². The Morgan fingerprint density at radius 2 is 2.20 bits per heavy atom. The van der Waals surface area contributed by atoms with E-state index in [4.69, 9.17) is 4.74 Å². The Hall–Kier alpha value is -1.15. The number of halogens is 1. The summed E-state index contributed by atoms with van der Waals surface area (Å²) in [5.74, 6) is -0.0483. The van der Waals surface area contributed by atoms with Crippen LogP contribution in [0, 0.1) is 0 Å². The maximum Gasteiger partial charge on any atom is 0.271 e. The fraction of sp³-hybridized carbons (Fsp3) is 0.765. The molecule has 0 spiro atoms. The van der Waals surface area contributed by atoms with Gasteiger partial charge in [-0.25, -0.2) is 0 Å². The molecule has 3 heterocycles. The zero-order chi connectivity index (χ0) is 16.8. The molecule has 0 bridgehead atoms. The highest BCUT2D eigenvalue weighted by Crippen LogP contribution is 2.16. The number of likely N-dealkylation sites (tertiary alicyclic amines) is 1. The van der Waals surface area contributed by atoms with E-state index in [1.165, 1.54) is 0 Å². The van der Waals surface area contributed by atoms with Gasteiger partial charge in [0.1, 0.15) is 5.69 Å². The maximum atomic E-state index is 12.4. The van der Waals surface area contributed by atoms with Crippen molar-refractivity contribution in [3.8, 4) is 0 Å². The molecule has 2 aliphatic heterocycles. The number of hydrogen-bond acceptors (Lipinski definition) is 5. The van der Waals surface area contributed by atoms with Gasteiger partial charge in [-0.1, -0.05) is 0 Å². The van der Waals surface area contributed by atoms with Crippen LogP contribution in [-0.4, -0.2) is 73.1 Å². The highest BCUT2D eigenvalue weighted by Gasteiger charge is 2.22. The Morgan fingerprint density at radius 3 is 2.88 bits per heavy atom. The van der Waals surface area contributed by atoms with Gasteiger partial charge in [0.25, 0.3) is 5.91 Å². The van der Waals surface area contributed by atoms with Crippen LogP contribution in [0.25, 0.3) is 0 Å². The van der Waals surface area contributed by atoms with E-state index in [1.54, 1.807) is 7.11 Å². The lowest BCUT2D eigenvalue weighted by atomic mass is 10.0. The van der Waals surface area contributed by atoms with Crippen LogP contribution in [0.3, 0.4) is 0 Å². The molecule has 7 nitrogen and oxygen atoms in total. The summed E-state index contributed by atoms with van der Waals surface area (Å²) in [7, 11) is 1.73. The molecule has 8 heteroatoms. The van der Waals surface area contributed by atoms with Gasteiger partial charge < -0.3 is 20.3 Å². The molecule has 2 N–H and O–H groups in total. The quantitative estimate of drug-likeness (QED) is 0.782. The van der Waals surface area contributed by atoms with Crippen LogP contribution >= 0.6 is 12.4 Å². The Bertz CT molecular complexity index is 525. The monoisotopic (exact) mass is 371 g/mol. The number of piperidine rings is 2. The van der Waals surface area contributed by atoms with Crippen LogP contribution in [0.5, 0.6) is 0 Å². The average Bonchev–Trinajstić information content (AvgIpc) is 3.12. The van der Waals surface area contributed by atoms with Gasteiger partial charge in [0.2, 0.25) is 0 Å². The molecule has 25 heavy (non-hydrogen) atoms. The van der Waals surface area contributed by atoms with Gasteiger partial charge in [0.15, 0.2) is 0 Å². The zero-order valence-corrected chi connectivity index (χ0v) is 15.8. The van der Waals surface area contributed by atoms with Gasteiger partial charge in [-0.15, -0.1) is 12.4 Å². The van der Waals surface area contributed by atoms with E-state index in [0.29, 0.717) is 11.7 Å². The molecule has 142 valence electrons. The van der Waals surface area contributed by atoms with E-state index in [1.807, 2.05) is 16.9 Å². The summed E-state index contributed by atoms with van der Waals surface area (Å²) >= 11 is 0. The summed E-state index contributed by atoms with van der Waals surface area (Å²) in [6, 6.07) is 2.44. The first-order chi connectivity index (χ1) is 11.8. The standard InChI is InChI=1S/C17H29N5O2.ClH/c1-24-12-11-21-8-4-14(5-9-21)19-17(23)16-6-10-22(20-16)15-3-2-7-18-13-15;/h6,10,14-15,18H,2-5,7-9,11-13H2,1H3,(H,19,23);1H. The summed E-state index contributed by atoms with van der Waals surface area (Å²) in [5.41, 5.74) is 0.530. The molecule has 2 saturated heterocycles. The number of carbonyl (C=O) groups is 1. The molecule has 2 aliphatic rings. The molecule has 0 aliphatic carbocycles. The molecule has 1 unspecified atom stereocenters. The summed E-state index contributed by atoms with van der Waals surface area (Å²) in [5, 5.41) is 11.0. The van der Waals surface area contributed by atoms with Crippen LogP contribution < -0.4 is 10.6 Å². The molecule has 0 radical (unpaired) electrons. The molecule has 1 aromatic rings. The van der Waals surface area contributed by atoms with Crippen molar-refractivity contribution in [2.75, 3.05) is 46.4 Å². The lowest BCUT2D eigenvalue weighted by Crippen LogP contribution is -2.45. The van der Waals surface area contributed by atoms with Gasteiger partial charge in [-0.3, -0.25) is 9.48 Å². The van der Waals surface area contributed by atoms with E-state index in [2.05, 4.69) is 20.6 Å². The molecule has 1 amide bonds. The van der Waals surface area contributed by atoms with Crippen LogP contribution in [0.1, 0.15) is 42.2 Å². The third-order valence-electron chi connectivity index (χ3n) is 5.02. The van der Waals surface area contributed by atoms with Crippen LogP contribution in [-0.2, 0) is 4.74 Å². The number of aromatic nitrogens is 2. The first-order valence-electron chi connectivity index (χ1n) is 9.04. The van der Waals surface area contributed by atoms with Gasteiger partial charge in [0.05, 0.1) is 12.6 Å². The summed E-state index contributed by atoms with van der Waals surface area (Å²) in [4.78, 5) is 14.8. The molecular formula is C17H30ClN5O2. The largest absolute Gasteiger partial charge is 0.383 e. The lowest BCUT2D eigenvalue weighted by Gasteiger charge is -2.31. The molecule has 2 fully saturated rings. The van der Waals surface area contributed by atoms with Crippen molar-refractivity contribution in [3.63, 3.8) is 0 Å². The van der Waals surface area contributed by atoms with Crippen molar-refractivity contribution in [3.05, 3.63) is 18.0 Å². The smallest absolute Gasteiger partial charge is 0.271 e. The normalized spacial score (nSPS) is 22.4. The maximum absolute atomic E-state index is 12.4. The summed E-state index contributed by atoms with van der Waals surface area (Å²) in [6.45, 7) is 5.77. The summed E-state index contributed by atoms with van der Waals surface area (Å²) in [6.07, 6.45) is 6.19. The average molecular weight is 372 g/mol. The molecule has 1 aromatic heterocycles. The number of amides is 1. The predicted molar refractivity (Wildman–Crippen MR) is 99.4 cm³/mol. The topological polar surface area (TPSA) is 71.4 Å². The fourth-order valence-electron chi connectivity index (χ4n) is 3.50. The van der Waals surface area contributed by atoms with E-state index in [9.17, 15) is 4.79 Å². The highest BCUT2D eigenvalue weighted by molar-refractivity contribution is 5.92. The Balaban J connectivity index is 0.00000225. The fourth-order valence-corrected chi connectivity index (χ4v) is 3.50. The number of ether oxygens (including phenoxy) is 1. The second kappa shape index (κ2) is 10.1. The van der Waals surface area contributed by atoms with Crippen LogP contribution in [0.2, 0.25) is 0 Å². The lowest BCUT2D eigenvalue weighted by molar-refractivity contribution is 0.0886. The molecular weight excluding hydrogens is 342 g/mol. The van der Waals surface area contributed by atoms with Gasteiger partial charge in [-0.2, -0.15) is 5.10 Å². The van der Waals surface area contributed by atoms with Crippen molar-refractivity contribution in [1.29, 1.82) is 0 Å². The van der Waals surface area contributed by atoms with Gasteiger partial charge >= 0.3 is 0 Å². The minimum Gasteiger partial charge on any atom is -0.383 e. The van der Waals surface area contributed by atoms with E-state index < -0.39 is 0 Å². The predicted octanol–water partition coefficient (Wildman–Crippen LogP) is 1.07.